The number of hydrogen-bond acceptors (Lipinski definition) is 7. The van der Waals surface area contributed by atoms with Crippen molar-refractivity contribution in [2.75, 3.05) is 36.4 Å². The summed E-state index contributed by atoms with van der Waals surface area (Å²) in [5.41, 5.74) is 0.646. The molecule has 1 aliphatic heterocycles. The molecule has 0 unspecified atom stereocenters. The van der Waals surface area contributed by atoms with Crippen molar-refractivity contribution in [2.45, 2.75) is 0 Å². The number of anilines is 2. The molecule has 1 saturated heterocycles. The van der Waals surface area contributed by atoms with Gasteiger partial charge in [0.25, 0.3) is 5.89 Å². The van der Waals surface area contributed by atoms with Crippen LogP contribution < -0.4 is 10.2 Å². The molecule has 0 saturated carbocycles. The molecule has 1 fully saturated rings. The van der Waals surface area contributed by atoms with Crippen molar-refractivity contribution in [3.63, 3.8) is 0 Å². The zero-order valence-electron chi connectivity index (χ0n) is 14.6. The highest BCUT2D eigenvalue weighted by atomic mass is 35.5. The van der Waals surface area contributed by atoms with Gasteiger partial charge in [-0.05, 0) is 24.3 Å². The van der Waals surface area contributed by atoms with Crippen LogP contribution in [-0.4, -0.2) is 47.1 Å². The number of urea groups is 1. The average Bonchev–Trinajstić information content (AvgIpc) is 3.39. The normalized spacial score (nSPS) is 14.0. The number of hydrogen-bond donors (Lipinski definition) is 1. The highest BCUT2D eigenvalue weighted by Crippen LogP contribution is 2.29. The molecule has 1 aliphatic rings. The Labute approximate surface area is 165 Å². The van der Waals surface area contributed by atoms with E-state index in [1.54, 1.807) is 35.4 Å². The van der Waals surface area contributed by atoms with Gasteiger partial charge in [-0.25, -0.2) is 9.78 Å². The number of nitrogens with one attached hydrogen (secondary N) is 1. The lowest BCUT2D eigenvalue weighted by Gasteiger charge is -2.34. The molecule has 3 aromatic heterocycles. The Morgan fingerprint density at radius 1 is 1.25 bits per heavy atom. The summed E-state index contributed by atoms with van der Waals surface area (Å²) in [5, 5.41) is 12.4. The Morgan fingerprint density at radius 3 is 2.75 bits per heavy atom. The standard InChI is InChI=1S/C18H15ClN6O3/c19-15-12(3-1-5-21-15)23-18(26)25-8-6-24(7-9-25)17-13(11-20)22-16(28-17)14-4-2-10-27-14/h1-5,10H,6-9H2,(H,23,26). The molecule has 0 atom stereocenters. The van der Waals surface area contributed by atoms with E-state index in [-0.39, 0.29) is 22.8 Å². The van der Waals surface area contributed by atoms with Gasteiger partial charge in [0.15, 0.2) is 10.9 Å². The predicted octanol–water partition coefficient (Wildman–Crippen LogP) is 3.21. The Kier molecular flexibility index (Phi) is 4.87. The lowest BCUT2D eigenvalue weighted by molar-refractivity contribution is 0.207. The van der Waals surface area contributed by atoms with E-state index in [2.05, 4.69) is 15.3 Å². The molecule has 0 radical (unpaired) electrons. The smallest absolute Gasteiger partial charge is 0.322 e. The van der Waals surface area contributed by atoms with E-state index in [1.807, 2.05) is 11.0 Å². The maximum absolute atomic E-state index is 12.5. The molecule has 142 valence electrons. The number of pyridine rings is 1. The van der Waals surface area contributed by atoms with Crippen LogP contribution in [0.4, 0.5) is 16.4 Å². The van der Waals surface area contributed by atoms with Crippen LogP contribution in [0, 0.1) is 11.3 Å². The van der Waals surface area contributed by atoms with Crippen molar-refractivity contribution >= 4 is 29.2 Å². The number of furan rings is 1. The molecule has 4 rings (SSSR count). The topological polar surface area (TPSA) is 111 Å². The second kappa shape index (κ2) is 7.62. The number of aromatic nitrogens is 2. The molecule has 0 spiro atoms. The third-order valence-corrected chi connectivity index (χ3v) is 4.60. The van der Waals surface area contributed by atoms with Crippen molar-refractivity contribution in [1.29, 1.82) is 5.26 Å². The van der Waals surface area contributed by atoms with Crippen molar-refractivity contribution in [2.24, 2.45) is 0 Å². The zero-order valence-corrected chi connectivity index (χ0v) is 15.4. The number of amides is 2. The monoisotopic (exact) mass is 398 g/mol. The minimum atomic E-state index is -0.260. The van der Waals surface area contributed by atoms with E-state index in [0.29, 0.717) is 43.5 Å². The van der Waals surface area contributed by atoms with Crippen LogP contribution in [0.5, 0.6) is 0 Å². The van der Waals surface area contributed by atoms with Gasteiger partial charge < -0.3 is 24.0 Å². The van der Waals surface area contributed by atoms with Gasteiger partial charge in [0.1, 0.15) is 6.07 Å². The van der Waals surface area contributed by atoms with Crippen molar-refractivity contribution in [3.8, 4) is 17.7 Å². The fourth-order valence-corrected chi connectivity index (χ4v) is 3.06. The number of oxazole rings is 1. The van der Waals surface area contributed by atoms with Crippen LogP contribution in [0.15, 0.2) is 45.6 Å². The largest absolute Gasteiger partial charge is 0.459 e. The average molecular weight is 399 g/mol. The van der Waals surface area contributed by atoms with Crippen molar-refractivity contribution in [3.05, 3.63) is 47.6 Å². The summed E-state index contributed by atoms with van der Waals surface area (Å²) >= 11 is 5.98. The minimum absolute atomic E-state index is 0.187. The number of piperazine rings is 1. The maximum Gasteiger partial charge on any atom is 0.322 e. The number of nitrogens with zero attached hydrogens (tertiary/aromatic N) is 5. The predicted molar refractivity (Wildman–Crippen MR) is 101 cm³/mol. The summed E-state index contributed by atoms with van der Waals surface area (Å²) in [4.78, 5) is 24.1. The Hall–Kier alpha value is -3.51. The van der Waals surface area contributed by atoms with Crippen LogP contribution in [0.1, 0.15) is 5.69 Å². The van der Waals surface area contributed by atoms with Gasteiger partial charge in [0.2, 0.25) is 11.6 Å². The fourth-order valence-electron chi connectivity index (χ4n) is 2.89. The van der Waals surface area contributed by atoms with Gasteiger partial charge in [0, 0.05) is 32.4 Å². The lowest BCUT2D eigenvalue weighted by Crippen LogP contribution is -2.50. The number of nitriles is 1. The van der Waals surface area contributed by atoms with E-state index in [1.165, 1.54) is 6.26 Å². The Morgan fingerprint density at radius 2 is 2.07 bits per heavy atom. The molecule has 0 aromatic carbocycles. The molecule has 9 nitrogen and oxygen atoms in total. The van der Waals surface area contributed by atoms with Crippen LogP contribution in [0.2, 0.25) is 5.15 Å². The van der Waals surface area contributed by atoms with E-state index < -0.39 is 0 Å². The number of rotatable bonds is 3. The zero-order chi connectivity index (χ0) is 19.5. The molecule has 0 aliphatic carbocycles. The second-order valence-corrected chi connectivity index (χ2v) is 6.37. The Bertz CT molecular complexity index is 1020. The highest BCUT2D eigenvalue weighted by molar-refractivity contribution is 6.32. The van der Waals surface area contributed by atoms with Gasteiger partial charge >= 0.3 is 6.03 Å². The molecule has 1 N–H and O–H groups in total. The SMILES string of the molecule is N#Cc1nc(-c2ccco2)oc1N1CCN(C(=O)Nc2cccnc2Cl)CC1. The first kappa shape index (κ1) is 17.9. The molecule has 10 heteroatoms. The van der Waals surface area contributed by atoms with Crippen molar-refractivity contribution < 1.29 is 13.6 Å². The maximum atomic E-state index is 12.5. The van der Waals surface area contributed by atoms with Gasteiger partial charge in [-0.3, -0.25) is 0 Å². The van der Waals surface area contributed by atoms with Crippen LogP contribution in [0.3, 0.4) is 0 Å². The fraction of sp³-hybridized carbons (Fsp3) is 0.222. The van der Waals surface area contributed by atoms with E-state index in [0.717, 1.165) is 0 Å². The van der Waals surface area contributed by atoms with Crippen molar-refractivity contribution in [1.82, 2.24) is 14.9 Å². The van der Waals surface area contributed by atoms with Gasteiger partial charge in [-0.1, -0.05) is 11.6 Å². The summed E-state index contributed by atoms with van der Waals surface area (Å²) in [6.45, 7) is 1.89. The first-order valence-corrected chi connectivity index (χ1v) is 8.89. The quantitative estimate of drug-likeness (QED) is 0.674. The third-order valence-electron chi connectivity index (χ3n) is 4.30. The van der Waals surface area contributed by atoms with Gasteiger partial charge in [-0.15, -0.1) is 0 Å². The molecular formula is C18H15ClN6O3. The number of halogens is 1. The molecule has 28 heavy (non-hydrogen) atoms. The molecular weight excluding hydrogens is 384 g/mol. The van der Waals surface area contributed by atoms with Gasteiger partial charge in [0.05, 0.1) is 12.0 Å². The number of carbonyl (C=O) groups excluding carboxylic acids is 1. The van der Waals surface area contributed by atoms with Crippen LogP contribution in [0.25, 0.3) is 11.7 Å². The second-order valence-electron chi connectivity index (χ2n) is 6.01. The molecule has 4 heterocycles. The van der Waals surface area contributed by atoms with Crippen LogP contribution >= 0.6 is 11.6 Å². The highest BCUT2D eigenvalue weighted by Gasteiger charge is 2.27. The lowest BCUT2D eigenvalue weighted by atomic mass is 10.3. The third kappa shape index (κ3) is 3.50. The Balaban J connectivity index is 1.42. The first-order chi connectivity index (χ1) is 13.7. The minimum Gasteiger partial charge on any atom is -0.459 e. The molecule has 0 bridgehead atoms. The summed E-state index contributed by atoms with van der Waals surface area (Å²) in [6.07, 6.45) is 3.06. The van der Waals surface area contributed by atoms with E-state index in [9.17, 15) is 10.1 Å². The summed E-state index contributed by atoms with van der Waals surface area (Å²) in [6, 6.07) is 8.60. The summed E-state index contributed by atoms with van der Waals surface area (Å²) < 4.78 is 11.0. The molecule has 2 amide bonds. The summed E-state index contributed by atoms with van der Waals surface area (Å²) in [7, 11) is 0. The van der Waals surface area contributed by atoms with Crippen LogP contribution in [-0.2, 0) is 0 Å². The molecule has 3 aromatic rings. The van der Waals surface area contributed by atoms with E-state index >= 15 is 0 Å². The van der Waals surface area contributed by atoms with E-state index in [4.69, 9.17) is 20.4 Å². The summed E-state index contributed by atoms with van der Waals surface area (Å²) in [5.74, 6) is 1.08. The number of carbonyl (C=O) groups is 1. The first-order valence-electron chi connectivity index (χ1n) is 8.52. The van der Waals surface area contributed by atoms with Gasteiger partial charge in [-0.2, -0.15) is 10.2 Å².